The lowest BCUT2D eigenvalue weighted by molar-refractivity contribution is 0.0775. The zero-order chi connectivity index (χ0) is 19.6. The number of piperidine rings is 1. The molecule has 1 aromatic carbocycles. The van der Waals surface area contributed by atoms with Crippen molar-refractivity contribution in [3.8, 4) is 0 Å². The average molecular weight is 390 g/mol. The summed E-state index contributed by atoms with van der Waals surface area (Å²) < 4.78 is 29.3. The number of amides is 1. The fraction of sp³-hybridized carbons (Fsp3) is 0.450. The van der Waals surface area contributed by atoms with Gasteiger partial charge in [0.2, 0.25) is 10.0 Å². The minimum Gasteiger partial charge on any atom is -0.343 e. The van der Waals surface area contributed by atoms with Crippen molar-refractivity contribution in [1.82, 2.24) is 13.8 Å². The first-order valence-electron chi connectivity index (χ1n) is 9.28. The molecule has 146 valence electrons. The molecule has 0 bridgehead atoms. The summed E-state index contributed by atoms with van der Waals surface area (Å²) in [6.07, 6.45) is 2.83. The summed E-state index contributed by atoms with van der Waals surface area (Å²) in [6, 6.07) is 11.3. The SMILES string of the molecule is Cc1c(S(=O)(=O)N2CCCCC2)cc(C(=O)N(C)Cc2ccccc2)n1C. The maximum absolute atomic E-state index is 13.0. The summed E-state index contributed by atoms with van der Waals surface area (Å²) >= 11 is 0. The highest BCUT2D eigenvalue weighted by molar-refractivity contribution is 7.89. The second-order valence-electron chi connectivity index (χ2n) is 7.15. The van der Waals surface area contributed by atoms with Gasteiger partial charge in [-0.2, -0.15) is 4.31 Å². The molecule has 6 nitrogen and oxygen atoms in total. The van der Waals surface area contributed by atoms with Gasteiger partial charge in [-0.1, -0.05) is 36.8 Å². The van der Waals surface area contributed by atoms with Gasteiger partial charge in [-0.15, -0.1) is 0 Å². The van der Waals surface area contributed by atoms with E-state index < -0.39 is 10.0 Å². The van der Waals surface area contributed by atoms with Crippen LogP contribution < -0.4 is 0 Å². The summed E-state index contributed by atoms with van der Waals surface area (Å²) in [4.78, 5) is 14.8. The molecule has 1 aliphatic rings. The predicted molar refractivity (Wildman–Crippen MR) is 105 cm³/mol. The quantitative estimate of drug-likeness (QED) is 0.790. The van der Waals surface area contributed by atoms with E-state index in [2.05, 4.69) is 0 Å². The van der Waals surface area contributed by atoms with Crippen molar-refractivity contribution >= 4 is 15.9 Å². The van der Waals surface area contributed by atoms with Gasteiger partial charge in [0.1, 0.15) is 10.6 Å². The van der Waals surface area contributed by atoms with E-state index >= 15 is 0 Å². The van der Waals surface area contributed by atoms with Crippen molar-refractivity contribution in [2.75, 3.05) is 20.1 Å². The van der Waals surface area contributed by atoms with Gasteiger partial charge < -0.3 is 9.47 Å². The van der Waals surface area contributed by atoms with E-state index in [9.17, 15) is 13.2 Å². The molecule has 1 amide bonds. The molecule has 3 rings (SSSR count). The first kappa shape index (κ1) is 19.6. The van der Waals surface area contributed by atoms with Crippen molar-refractivity contribution in [2.45, 2.75) is 37.6 Å². The molecular weight excluding hydrogens is 362 g/mol. The van der Waals surface area contributed by atoms with Crippen LogP contribution in [0.2, 0.25) is 0 Å². The molecule has 27 heavy (non-hydrogen) atoms. The van der Waals surface area contributed by atoms with Crippen LogP contribution in [0, 0.1) is 6.92 Å². The number of carbonyl (C=O) groups is 1. The molecule has 1 fully saturated rings. The molecule has 2 aromatic rings. The summed E-state index contributed by atoms with van der Waals surface area (Å²) in [5.41, 5.74) is 2.01. The average Bonchev–Trinajstić information content (AvgIpc) is 2.98. The van der Waals surface area contributed by atoms with E-state index in [-0.39, 0.29) is 10.8 Å². The van der Waals surface area contributed by atoms with Crippen LogP contribution in [0.3, 0.4) is 0 Å². The minimum atomic E-state index is -3.57. The van der Waals surface area contributed by atoms with E-state index in [0.29, 0.717) is 31.0 Å². The molecule has 7 heteroatoms. The van der Waals surface area contributed by atoms with E-state index in [0.717, 1.165) is 24.8 Å². The van der Waals surface area contributed by atoms with Gasteiger partial charge in [-0.05, 0) is 31.4 Å². The normalized spacial score (nSPS) is 15.7. The lowest BCUT2D eigenvalue weighted by Crippen LogP contribution is -2.35. The van der Waals surface area contributed by atoms with Gasteiger partial charge in [0.05, 0.1) is 0 Å². The zero-order valence-electron chi connectivity index (χ0n) is 16.2. The smallest absolute Gasteiger partial charge is 0.270 e. The molecule has 0 saturated carbocycles. The molecule has 1 saturated heterocycles. The van der Waals surface area contributed by atoms with Crippen molar-refractivity contribution in [3.63, 3.8) is 0 Å². The van der Waals surface area contributed by atoms with E-state index in [4.69, 9.17) is 0 Å². The fourth-order valence-electron chi connectivity index (χ4n) is 3.51. The Morgan fingerprint density at radius 3 is 2.37 bits per heavy atom. The van der Waals surface area contributed by atoms with Crippen LogP contribution in [0.25, 0.3) is 0 Å². The second-order valence-corrected chi connectivity index (χ2v) is 9.06. The van der Waals surface area contributed by atoms with Crippen molar-refractivity contribution < 1.29 is 13.2 Å². The highest BCUT2D eigenvalue weighted by atomic mass is 32.2. The maximum Gasteiger partial charge on any atom is 0.270 e. The van der Waals surface area contributed by atoms with E-state index in [1.54, 1.807) is 34.8 Å². The largest absolute Gasteiger partial charge is 0.343 e. The summed E-state index contributed by atoms with van der Waals surface area (Å²) in [5, 5.41) is 0. The van der Waals surface area contributed by atoms with Gasteiger partial charge in [0, 0.05) is 39.4 Å². The van der Waals surface area contributed by atoms with Crippen molar-refractivity contribution in [1.29, 1.82) is 0 Å². The lowest BCUT2D eigenvalue weighted by atomic mass is 10.2. The maximum atomic E-state index is 13.0. The molecule has 0 N–H and O–H groups in total. The van der Waals surface area contributed by atoms with Crippen LogP contribution in [0.5, 0.6) is 0 Å². The van der Waals surface area contributed by atoms with Crippen LogP contribution in [0.4, 0.5) is 0 Å². The Morgan fingerprint density at radius 1 is 1.11 bits per heavy atom. The van der Waals surface area contributed by atoms with Crippen molar-refractivity contribution in [2.24, 2.45) is 7.05 Å². The Bertz CT molecular complexity index is 913. The highest BCUT2D eigenvalue weighted by Gasteiger charge is 2.31. The van der Waals surface area contributed by atoms with Gasteiger partial charge in [-0.3, -0.25) is 4.79 Å². The lowest BCUT2D eigenvalue weighted by Gasteiger charge is -2.25. The Kier molecular flexibility index (Phi) is 5.72. The van der Waals surface area contributed by atoms with Gasteiger partial charge in [0.25, 0.3) is 5.91 Å². The highest BCUT2D eigenvalue weighted by Crippen LogP contribution is 2.26. The molecule has 1 aromatic heterocycles. The van der Waals surface area contributed by atoms with Gasteiger partial charge >= 0.3 is 0 Å². The van der Waals surface area contributed by atoms with Crippen LogP contribution in [-0.4, -0.2) is 48.2 Å². The Balaban J connectivity index is 1.87. The standard InChI is InChI=1S/C20H27N3O3S/c1-16-19(27(25,26)23-12-8-5-9-13-23)14-18(22(16)3)20(24)21(2)15-17-10-6-4-7-11-17/h4,6-7,10-11,14H,5,8-9,12-13,15H2,1-3H3. The summed E-state index contributed by atoms with van der Waals surface area (Å²) in [7, 11) is -0.0939. The third-order valence-electron chi connectivity index (χ3n) is 5.25. The summed E-state index contributed by atoms with van der Waals surface area (Å²) in [6.45, 7) is 3.32. The van der Waals surface area contributed by atoms with Crippen LogP contribution in [0.15, 0.2) is 41.3 Å². The first-order valence-corrected chi connectivity index (χ1v) is 10.7. The molecule has 0 unspecified atom stereocenters. The monoisotopic (exact) mass is 389 g/mol. The topological polar surface area (TPSA) is 62.6 Å². The minimum absolute atomic E-state index is 0.190. The summed E-state index contributed by atoms with van der Waals surface area (Å²) in [5.74, 6) is -0.190. The van der Waals surface area contributed by atoms with E-state index in [1.165, 1.54) is 6.07 Å². The van der Waals surface area contributed by atoms with Crippen LogP contribution in [0.1, 0.15) is 41.0 Å². The molecule has 0 radical (unpaired) electrons. The molecule has 1 aliphatic heterocycles. The third kappa shape index (κ3) is 3.94. The number of nitrogens with zero attached hydrogens (tertiary/aromatic N) is 3. The predicted octanol–water partition coefficient (Wildman–Crippen LogP) is 2.78. The number of hydrogen-bond donors (Lipinski definition) is 0. The molecular formula is C20H27N3O3S. The number of benzene rings is 1. The molecule has 0 spiro atoms. The van der Waals surface area contributed by atoms with Gasteiger partial charge in [0.15, 0.2) is 0 Å². The van der Waals surface area contributed by atoms with Crippen LogP contribution in [-0.2, 0) is 23.6 Å². The fourth-order valence-corrected chi connectivity index (χ4v) is 5.29. The van der Waals surface area contributed by atoms with Crippen molar-refractivity contribution in [3.05, 3.63) is 53.3 Å². The Labute approximate surface area is 161 Å². The molecule has 0 aliphatic carbocycles. The molecule has 0 atom stereocenters. The first-order chi connectivity index (χ1) is 12.8. The Hall–Kier alpha value is -2.12. The second kappa shape index (κ2) is 7.86. The van der Waals surface area contributed by atoms with Crippen LogP contribution >= 0.6 is 0 Å². The van der Waals surface area contributed by atoms with E-state index in [1.807, 2.05) is 30.3 Å². The zero-order valence-corrected chi connectivity index (χ0v) is 17.0. The number of aromatic nitrogens is 1. The number of carbonyl (C=O) groups excluding carboxylic acids is 1. The Morgan fingerprint density at radius 2 is 1.74 bits per heavy atom. The number of sulfonamides is 1. The molecule has 2 heterocycles. The number of rotatable bonds is 5. The number of hydrogen-bond acceptors (Lipinski definition) is 3. The third-order valence-corrected chi connectivity index (χ3v) is 7.26. The van der Waals surface area contributed by atoms with Gasteiger partial charge in [-0.25, -0.2) is 8.42 Å².